The molecule has 0 saturated carbocycles. The van der Waals surface area contributed by atoms with Gasteiger partial charge in [-0.05, 0) is 26.9 Å². The molecule has 1 aliphatic carbocycles. The summed E-state index contributed by atoms with van der Waals surface area (Å²) in [6, 6.07) is 0. The highest BCUT2D eigenvalue weighted by molar-refractivity contribution is 7.14. The maximum absolute atomic E-state index is 12.1. The minimum absolute atomic E-state index is 0.133. The van der Waals surface area contributed by atoms with E-state index < -0.39 is 0 Å². The van der Waals surface area contributed by atoms with E-state index in [-0.39, 0.29) is 11.6 Å². The van der Waals surface area contributed by atoms with Gasteiger partial charge in [0, 0.05) is 12.6 Å². The number of nitrogens with zero attached hydrogens (tertiary/aromatic N) is 1. The summed E-state index contributed by atoms with van der Waals surface area (Å²) in [6.07, 6.45) is 2.26. The zero-order valence-corrected chi connectivity index (χ0v) is 11.2. The normalized spacial score (nSPS) is 14.4. The zero-order chi connectivity index (χ0) is 13.1. The average molecular weight is 265 g/mol. The van der Waals surface area contributed by atoms with Crippen molar-refractivity contribution in [3.05, 3.63) is 27.4 Å². The summed E-state index contributed by atoms with van der Waals surface area (Å²) in [7, 11) is 1.87. The molecule has 1 aromatic heterocycles. The predicted molar refractivity (Wildman–Crippen MR) is 70.1 cm³/mol. The van der Waals surface area contributed by atoms with Crippen LogP contribution in [-0.4, -0.2) is 36.7 Å². The Morgan fingerprint density at radius 2 is 2.11 bits per heavy atom. The SMILES string of the molecule is CNCCCNC1=CC(=O)c2sc(C)nc2C1=O. The van der Waals surface area contributed by atoms with Crippen molar-refractivity contribution in [2.75, 3.05) is 20.1 Å². The maximum Gasteiger partial charge on any atom is 0.228 e. The first kappa shape index (κ1) is 12.9. The van der Waals surface area contributed by atoms with Gasteiger partial charge < -0.3 is 10.6 Å². The number of aryl methyl sites for hydroxylation is 1. The minimum atomic E-state index is -0.182. The lowest BCUT2D eigenvalue weighted by atomic mass is 10.0. The van der Waals surface area contributed by atoms with Crippen molar-refractivity contribution in [3.63, 3.8) is 0 Å². The van der Waals surface area contributed by atoms with E-state index in [1.54, 1.807) is 6.92 Å². The van der Waals surface area contributed by atoms with Crippen LogP contribution in [0.3, 0.4) is 0 Å². The standard InChI is InChI=1S/C12H15N3O2S/c1-7-15-10-11(17)8(14-5-3-4-13-2)6-9(16)12(10)18-7/h6,13-14H,3-5H2,1-2H3. The van der Waals surface area contributed by atoms with Crippen molar-refractivity contribution in [2.45, 2.75) is 13.3 Å². The van der Waals surface area contributed by atoms with E-state index in [0.717, 1.165) is 18.0 Å². The molecule has 96 valence electrons. The summed E-state index contributed by atoms with van der Waals surface area (Å²) in [5.41, 5.74) is 0.648. The Labute approximate surface area is 109 Å². The highest BCUT2D eigenvalue weighted by atomic mass is 32.1. The fourth-order valence-corrected chi connectivity index (χ4v) is 2.58. The summed E-state index contributed by atoms with van der Waals surface area (Å²) in [5.74, 6) is -0.315. The van der Waals surface area contributed by atoms with Crippen molar-refractivity contribution in [1.29, 1.82) is 0 Å². The summed E-state index contributed by atoms with van der Waals surface area (Å²) in [4.78, 5) is 28.5. The molecule has 18 heavy (non-hydrogen) atoms. The van der Waals surface area contributed by atoms with E-state index in [1.165, 1.54) is 17.4 Å². The third-order valence-corrected chi connectivity index (χ3v) is 3.60. The second kappa shape index (κ2) is 5.41. The molecule has 2 rings (SSSR count). The van der Waals surface area contributed by atoms with Crippen molar-refractivity contribution in [2.24, 2.45) is 0 Å². The van der Waals surface area contributed by atoms with Gasteiger partial charge in [-0.3, -0.25) is 9.59 Å². The largest absolute Gasteiger partial charge is 0.382 e. The Bertz CT molecular complexity index is 519. The number of fused-ring (bicyclic) bond motifs is 1. The molecule has 0 saturated heterocycles. The molecule has 1 aromatic rings. The van der Waals surface area contributed by atoms with Crippen LogP contribution in [0.25, 0.3) is 0 Å². The van der Waals surface area contributed by atoms with E-state index >= 15 is 0 Å². The van der Waals surface area contributed by atoms with Gasteiger partial charge in [-0.15, -0.1) is 11.3 Å². The highest BCUT2D eigenvalue weighted by Crippen LogP contribution is 2.25. The number of carbonyl (C=O) groups is 2. The molecule has 0 aromatic carbocycles. The Balaban J connectivity index is 2.10. The number of allylic oxidation sites excluding steroid dienone is 2. The number of rotatable bonds is 5. The highest BCUT2D eigenvalue weighted by Gasteiger charge is 2.29. The lowest BCUT2D eigenvalue weighted by Crippen LogP contribution is -2.28. The molecule has 0 bridgehead atoms. The smallest absolute Gasteiger partial charge is 0.228 e. The van der Waals surface area contributed by atoms with Crippen LogP contribution in [-0.2, 0) is 0 Å². The average Bonchev–Trinajstić information content (AvgIpc) is 2.73. The Hall–Kier alpha value is -1.53. The van der Waals surface area contributed by atoms with Crippen LogP contribution in [0.4, 0.5) is 0 Å². The van der Waals surface area contributed by atoms with E-state index in [9.17, 15) is 9.59 Å². The molecule has 0 aliphatic heterocycles. The Morgan fingerprint density at radius 1 is 1.33 bits per heavy atom. The third-order valence-electron chi connectivity index (χ3n) is 2.61. The van der Waals surface area contributed by atoms with Gasteiger partial charge in [0.25, 0.3) is 0 Å². The molecule has 0 amide bonds. The van der Waals surface area contributed by atoms with Gasteiger partial charge in [0.2, 0.25) is 5.78 Å². The van der Waals surface area contributed by atoms with Crippen LogP contribution < -0.4 is 10.6 Å². The van der Waals surface area contributed by atoms with E-state index in [2.05, 4.69) is 15.6 Å². The van der Waals surface area contributed by atoms with Crippen LogP contribution in [0.15, 0.2) is 11.8 Å². The second-order valence-corrected chi connectivity index (χ2v) is 5.25. The van der Waals surface area contributed by atoms with Crippen molar-refractivity contribution in [1.82, 2.24) is 15.6 Å². The van der Waals surface area contributed by atoms with Gasteiger partial charge in [0.05, 0.1) is 10.7 Å². The molecule has 1 heterocycles. The lowest BCUT2D eigenvalue weighted by Gasteiger charge is -2.12. The Morgan fingerprint density at radius 3 is 2.83 bits per heavy atom. The predicted octanol–water partition coefficient (Wildman–Crippen LogP) is 0.914. The molecule has 6 heteroatoms. The van der Waals surface area contributed by atoms with Crippen LogP contribution in [0.2, 0.25) is 0 Å². The monoisotopic (exact) mass is 265 g/mol. The van der Waals surface area contributed by atoms with Crippen LogP contribution in [0.5, 0.6) is 0 Å². The van der Waals surface area contributed by atoms with Crippen molar-refractivity contribution < 1.29 is 9.59 Å². The molecular weight excluding hydrogens is 250 g/mol. The van der Waals surface area contributed by atoms with Crippen molar-refractivity contribution >= 4 is 22.9 Å². The van der Waals surface area contributed by atoms with Crippen LogP contribution in [0.1, 0.15) is 31.6 Å². The number of aromatic nitrogens is 1. The van der Waals surface area contributed by atoms with Gasteiger partial charge in [-0.1, -0.05) is 0 Å². The molecule has 2 N–H and O–H groups in total. The fraction of sp³-hybridized carbons (Fsp3) is 0.417. The topological polar surface area (TPSA) is 71.1 Å². The lowest BCUT2D eigenvalue weighted by molar-refractivity contribution is 0.0977. The minimum Gasteiger partial charge on any atom is -0.382 e. The molecule has 0 unspecified atom stereocenters. The molecule has 5 nitrogen and oxygen atoms in total. The van der Waals surface area contributed by atoms with Gasteiger partial charge in [-0.2, -0.15) is 0 Å². The van der Waals surface area contributed by atoms with E-state index in [1.807, 2.05) is 7.05 Å². The quantitative estimate of drug-likeness (QED) is 0.774. The first-order chi connectivity index (χ1) is 8.63. The first-order valence-corrected chi connectivity index (χ1v) is 6.61. The summed E-state index contributed by atoms with van der Waals surface area (Å²) < 4.78 is 0. The Kier molecular flexibility index (Phi) is 3.88. The fourth-order valence-electron chi connectivity index (χ4n) is 1.76. The molecule has 0 fully saturated rings. The number of hydrogen-bond donors (Lipinski definition) is 2. The van der Waals surface area contributed by atoms with Gasteiger partial charge in [0.15, 0.2) is 5.78 Å². The number of thiazole rings is 1. The summed E-state index contributed by atoms with van der Waals surface area (Å²) in [5, 5.41) is 6.77. The van der Waals surface area contributed by atoms with E-state index in [0.29, 0.717) is 22.8 Å². The number of ketones is 2. The number of Topliss-reactive ketones (excluding diaryl/α,β-unsaturated/α-hetero) is 1. The number of hydrogen-bond acceptors (Lipinski definition) is 6. The number of nitrogens with one attached hydrogen (secondary N) is 2. The summed E-state index contributed by atoms with van der Waals surface area (Å²) >= 11 is 1.27. The summed E-state index contributed by atoms with van der Waals surface area (Å²) in [6.45, 7) is 3.32. The van der Waals surface area contributed by atoms with Crippen molar-refractivity contribution in [3.8, 4) is 0 Å². The third kappa shape index (κ3) is 2.49. The van der Waals surface area contributed by atoms with Gasteiger partial charge in [-0.25, -0.2) is 4.98 Å². The second-order valence-electron chi connectivity index (χ2n) is 4.05. The molecular formula is C12H15N3O2S. The zero-order valence-electron chi connectivity index (χ0n) is 10.4. The van der Waals surface area contributed by atoms with Gasteiger partial charge in [0.1, 0.15) is 10.6 Å². The molecule has 0 radical (unpaired) electrons. The van der Waals surface area contributed by atoms with Crippen LogP contribution in [0, 0.1) is 6.92 Å². The van der Waals surface area contributed by atoms with Gasteiger partial charge >= 0.3 is 0 Å². The first-order valence-electron chi connectivity index (χ1n) is 5.80. The van der Waals surface area contributed by atoms with Crippen LogP contribution >= 0.6 is 11.3 Å². The molecule has 0 spiro atoms. The van der Waals surface area contributed by atoms with E-state index in [4.69, 9.17) is 0 Å². The maximum atomic E-state index is 12.1. The molecule has 0 atom stereocenters. The molecule has 1 aliphatic rings. The number of carbonyl (C=O) groups excluding carboxylic acids is 2.